The second kappa shape index (κ2) is 8.55. The lowest BCUT2D eigenvalue weighted by molar-refractivity contribution is 0.0935. The normalized spacial score (nSPS) is 16.1. The Morgan fingerprint density at radius 2 is 2.00 bits per heavy atom. The van der Waals surface area contributed by atoms with Gasteiger partial charge in [0.05, 0.1) is 23.4 Å². The number of rotatable bonds is 7. The van der Waals surface area contributed by atoms with Crippen LogP contribution in [0.2, 0.25) is 0 Å². The molecule has 0 saturated heterocycles. The number of thiophene rings is 1. The Kier molecular flexibility index (Phi) is 5.60. The molecule has 1 fully saturated rings. The maximum atomic E-state index is 13.4. The van der Waals surface area contributed by atoms with Crippen molar-refractivity contribution in [1.29, 1.82) is 0 Å². The Bertz CT molecular complexity index is 1170. The van der Waals surface area contributed by atoms with Gasteiger partial charge in [-0.2, -0.15) is 4.98 Å². The molecule has 1 atom stereocenters. The molecular weight excluding hydrogens is 430 g/mol. The highest BCUT2D eigenvalue weighted by molar-refractivity contribution is 7.20. The fraction of sp³-hybridized carbons (Fsp3) is 0.435. The van der Waals surface area contributed by atoms with Crippen LogP contribution in [0.3, 0.4) is 0 Å². The summed E-state index contributed by atoms with van der Waals surface area (Å²) in [5.41, 5.74) is 1.85. The molecule has 5 rings (SSSR count). The van der Waals surface area contributed by atoms with Crippen LogP contribution in [-0.4, -0.2) is 43.3 Å². The van der Waals surface area contributed by atoms with E-state index in [2.05, 4.69) is 15.3 Å². The Morgan fingerprint density at radius 3 is 2.72 bits per heavy atom. The smallest absolute Gasteiger partial charge is 0.262 e. The van der Waals surface area contributed by atoms with Crippen molar-refractivity contribution in [3.63, 3.8) is 0 Å². The first-order chi connectivity index (χ1) is 15.6. The first kappa shape index (κ1) is 21.0. The van der Waals surface area contributed by atoms with Crippen LogP contribution in [0.25, 0.3) is 10.2 Å². The third-order valence-corrected chi connectivity index (χ3v) is 6.97. The highest BCUT2D eigenvalue weighted by Gasteiger charge is 2.35. The maximum absolute atomic E-state index is 13.4. The van der Waals surface area contributed by atoms with Gasteiger partial charge in [-0.15, -0.1) is 11.3 Å². The van der Waals surface area contributed by atoms with Crippen molar-refractivity contribution < 1.29 is 23.7 Å². The lowest BCUT2D eigenvalue weighted by Crippen LogP contribution is -2.30. The highest BCUT2D eigenvalue weighted by atomic mass is 32.1. The zero-order valence-electron chi connectivity index (χ0n) is 18.3. The van der Waals surface area contributed by atoms with E-state index in [4.69, 9.17) is 18.9 Å². The average molecular weight is 456 g/mol. The molecule has 1 unspecified atom stereocenters. The predicted octanol–water partition coefficient (Wildman–Crippen LogP) is 3.81. The molecule has 0 spiro atoms. The Labute approximate surface area is 189 Å². The van der Waals surface area contributed by atoms with Crippen molar-refractivity contribution in [1.82, 2.24) is 15.3 Å². The molecule has 9 heteroatoms. The van der Waals surface area contributed by atoms with E-state index in [9.17, 15) is 4.79 Å². The zero-order chi connectivity index (χ0) is 22.2. The van der Waals surface area contributed by atoms with Gasteiger partial charge in [0.25, 0.3) is 5.91 Å². The summed E-state index contributed by atoms with van der Waals surface area (Å²) in [6.07, 6.45) is 2.18. The lowest BCUT2D eigenvalue weighted by atomic mass is 10.0. The Hall–Kier alpha value is -2.91. The summed E-state index contributed by atoms with van der Waals surface area (Å²) in [6, 6.07) is 5.84. The van der Waals surface area contributed by atoms with Gasteiger partial charge in [0.2, 0.25) is 5.88 Å². The molecule has 1 aliphatic heterocycles. The minimum atomic E-state index is -0.118. The number of methoxy groups -OCH3 is 2. The van der Waals surface area contributed by atoms with Crippen LogP contribution in [0, 0.1) is 12.8 Å². The molecule has 8 nitrogen and oxygen atoms in total. The first-order valence-corrected chi connectivity index (χ1v) is 11.4. The number of hydrogen-bond acceptors (Lipinski definition) is 8. The Morgan fingerprint density at radius 1 is 1.22 bits per heavy atom. The van der Waals surface area contributed by atoms with E-state index in [-0.39, 0.29) is 18.6 Å². The quantitative estimate of drug-likeness (QED) is 0.579. The second-order valence-corrected chi connectivity index (χ2v) is 9.01. The summed E-state index contributed by atoms with van der Waals surface area (Å²) in [5, 5.41) is 4.03. The number of carbonyl (C=O) groups is 1. The first-order valence-electron chi connectivity index (χ1n) is 10.6. The van der Waals surface area contributed by atoms with Crippen LogP contribution in [0.5, 0.6) is 17.4 Å². The monoisotopic (exact) mass is 455 g/mol. The number of benzene rings is 1. The molecular formula is C23H25N3O5S. The number of aryl methyl sites for hydroxylation is 1. The summed E-state index contributed by atoms with van der Waals surface area (Å²) in [6.45, 7) is 3.27. The van der Waals surface area contributed by atoms with Crippen molar-refractivity contribution in [2.45, 2.75) is 32.4 Å². The van der Waals surface area contributed by atoms with Crippen LogP contribution in [-0.2, 0) is 11.3 Å². The largest absolute Gasteiger partial charge is 0.486 e. The van der Waals surface area contributed by atoms with Gasteiger partial charge in [-0.1, -0.05) is 6.07 Å². The molecule has 3 heterocycles. The van der Waals surface area contributed by atoms with Gasteiger partial charge in [-0.05, 0) is 48.9 Å². The number of fused-ring (bicyclic) bond motifs is 2. The summed E-state index contributed by atoms with van der Waals surface area (Å²) < 4.78 is 22.0. The van der Waals surface area contributed by atoms with Gasteiger partial charge in [0, 0.05) is 7.11 Å². The van der Waals surface area contributed by atoms with Crippen LogP contribution in [0.1, 0.15) is 45.5 Å². The predicted molar refractivity (Wildman–Crippen MR) is 120 cm³/mol. The number of amides is 1. The van der Waals surface area contributed by atoms with Crippen molar-refractivity contribution in [3.8, 4) is 17.4 Å². The van der Waals surface area contributed by atoms with Crippen molar-refractivity contribution >= 4 is 27.5 Å². The van der Waals surface area contributed by atoms with Gasteiger partial charge in [-0.3, -0.25) is 4.79 Å². The third-order valence-electron chi connectivity index (χ3n) is 5.78. The van der Waals surface area contributed by atoms with E-state index in [1.807, 2.05) is 25.1 Å². The molecule has 1 N–H and O–H groups in total. The SMILES string of the molecule is COCc1nc(OC)c2c(C)c(C(=O)NC(c3ccc4c(c3)OCCO4)C3CC3)sc2n1. The van der Waals surface area contributed by atoms with Crippen LogP contribution < -0.4 is 19.5 Å². The van der Waals surface area contributed by atoms with Crippen LogP contribution in [0.15, 0.2) is 18.2 Å². The van der Waals surface area contributed by atoms with E-state index in [1.165, 1.54) is 11.3 Å². The highest BCUT2D eigenvalue weighted by Crippen LogP contribution is 2.44. The molecule has 0 bridgehead atoms. The molecule has 1 aliphatic carbocycles. The second-order valence-electron chi connectivity index (χ2n) is 8.01. The number of nitrogens with one attached hydrogen (secondary N) is 1. The van der Waals surface area contributed by atoms with E-state index >= 15 is 0 Å². The van der Waals surface area contributed by atoms with Gasteiger partial charge < -0.3 is 24.3 Å². The van der Waals surface area contributed by atoms with Crippen molar-refractivity contribution in [2.24, 2.45) is 5.92 Å². The number of nitrogens with zero attached hydrogens (tertiary/aromatic N) is 2. The summed E-state index contributed by atoms with van der Waals surface area (Å²) in [7, 11) is 3.16. The molecule has 2 aliphatic rings. The fourth-order valence-corrected chi connectivity index (χ4v) is 5.16. The minimum Gasteiger partial charge on any atom is -0.486 e. The van der Waals surface area contributed by atoms with E-state index < -0.39 is 0 Å². The molecule has 1 saturated carbocycles. The van der Waals surface area contributed by atoms with Crippen LogP contribution in [0.4, 0.5) is 0 Å². The third kappa shape index (κ3) is 3.86. The topological polar surface area (TPSA) is 91.8 Å². The van der Waals surface area contributed by atoms with Gasteiger partial charge in [0.1, 0.15) is 24.7 Å². The molecule has 0 radical (unpaired) electrons. The number of ether oxygens (including phenoxy) is 4. The molecule has 3 aromatic rings. The molecule has 2 aromatic heterocycles. The number of aromatic nitrogens is 2. The van der Waals surface area contributed by atoms with Crippen molar-refractivity contribution in [3.05, 3.63) is 40.0 Å². The van der Waals surface area contributed by atoms with Gasteiger partial charge in [0.15, 0.2) is 17.3 Å². The average Bonchev–Trinajstić information content (AvgIpc) is 3.60. The zero-order valence-corrected chi connectivity index (χ0v) is 19.1. The van der Waals surface area contributed by atoms with Gasteiger partial charge >= 0.3 is 0 Å². The summed E-state index contributed by atoms with van der Waals surface area (Å²) in [5.74, 6) is 2.76. The minimum absolute atomic E-state index is 0.0834. The number of hydrogen-bond donors (Lipinski definition) is 1. The van der Waals surface area contributed by atoms with E-state index in [1.54, 1.807) is 14.2 Å². The maximum Gasteiger partial charge on any atom is 0.262 e. The summed E-state index contributed by atoms with van der Waals surface area (Å²) in [4.78, 5) is 23.7. The van der Waals surface area contributed by atoms with Crippen molar-refractivity contribution in [2.75, 3.05) is 27.4 Å². The molecule has 32 heavy (non-hydrogen) atoms. The van der Waals surface area contributed by atoms with Gasteiger partial charge in [-0.25, -0.2) is 4.98 Å². The summed E-state index contributed by atoms with van der Waals surface area (Å²) >= 11 is 1.35. The fourth-order valence-electron chi connectivity index (χ4n) is 4.07. The van der Waals surface area contributed by atoms with E-state index in [0.717, 1.165) is 40.9 Å². The lowest BCUT2D eigenvalue weighted by Gasteiger charge is -2.23. The standard InChI is InChI=1S/C23H25N3O5S/c1-12-18-22(29-3)24-17(11-28-2)25-23(18)32-20(12)21(27)26-19(13-4-5-13)14-6-7-15-16(10-14)31-9-8-30-15/h6-7,10,13,19H,4-5,8-9,11H2,1-3H3,(H,26,27). The number of carbonyl (C=O) groups excluding carboxylic acids is 1. The Balaban J connectivity index is 1.46. The van der Waals surface area contributed by atoms with Crippen LogP contribution >= 0.6 is 11.3 Å². The van der Waals surface area contributed by atoms with E-state index in [0.29, 0.717) is 40.5 Å². The molecule has 1 aromatic carbocycles. The molecule has 1 amide bonds. The molecule has 168 valence electrons.